The molecule has 1 aromatic rings. The third-order valence-corrected chi connectivity index (χ3v) is 7.90. The number of nitriles is 1. The lowest BCUT2D eigenvalue weighted by Gasteiger charge is -2.35. The van der Waals surface area contributed by atoms with Gasteiger partial charge >= 0.3 is 0 Å². The number of rotatable bonds is 7. The molecule has 0 aromatic carbocycles. The zero-order valence-corrected chi connectivity index (χ0v) is 18.1. The van der Waals surface area contributed by atoms with Gasteiger partial charge in [0.05, 0.1) is 24.7 Å². The Labute approximate surface area is 173 Å². The summed E-state index contributed by atoms with van der Waals surface area (Å²) < 4.78 is 30.2. The Kier molecular flexibility index (Phi) is 6.93. The fourth-order valence-electron chi connectivity index (χ4n) is 4.11. The summed E-state index contributed by atoms with van der Waals surface area (Å²) in [6.45, 7) is 7.24. The molecule has 160 valence electrons. The van der Waals surface area contributed by atoms with Crippen molar-refractivity contribution in [2.75, 3.05) is 39.3 Å². The molecule has 0 spiro atoms. The lowest BCUT2D eigenvalue weighted by molar-refractivity contribution is -0.132. The van der Waals surface area contributed by atoms with E-state index in [1.54, 1.807) is 9.21 Å². The number of aromatic nitrogens is 2. The Balaban J connectivity index is 1.52. The predicted molar refractivity (Wildman–Crippen MR) is 108 cm³/mol. The van der Waals surface area contributed by atoms with Crippen LogP contribution in [-0.4, -0.2) is 76.9 Å². The van der Waals surface area contributed by atoms with Crippen molar-refractivity contribution in [3.63, 3.8) is 0 Å². The van der Waals surface area contributed by atoms with Crippen molar-refractivity contribution in [1.82, 2.24) is 23.3 Å². The minimum Gasteiger partial charge on any atom is -0.340 e. The molecule has 3 rings (SSSR count). The first kappa shape index (κ1) is 21.7. The van der Waals surface area contributed by atoms with Gasteiger partial charge in [0.1, 0.15) is 0 Å². The Morgan fingerprint density at radius 1 is 1.07 bits per heavy atom. The zero-order valence-electron chi connectivity index (χ0n) is 17.3. The summed E-state index contributed by atoms with van der Waals surface area (Å²) in [6.07, 6.45) is 3.23. The van der Waals surface area contributed by atoms with Crippen molar-refractivity contribution < 1.29 is 13.2 Å². The van der Waals surface area contributed by atoms with E-state index in [1.807, 2.05) is 18.5 Å². The van der Waals surface area contributed by atoms with E-state index in [2.05, 4.69) is 11.2 Å². The summed E-state index contributed by atoms with van der Waals surface area (Å²) in [5, 5.41) is 13.2. The van der Waals surface area contributed by atoms with Crippen LogP contribution in [0.1, 0.15) is 42.6 Å². The maximum Gasteiger partial charge on any atom is 0.282 e. The van der Waals surface area contributed by atoms with Crippen LogP contribution in [0.3, 0.4) is 0 Å². The Morgan fingerprint density at radius 3 is 2.31 bits per heavy atom. The summed E-state index contributed by atoms with van der Waals surface area (Å²) in [6, 6.07) is 2.13. The Morgan fingerprint density at radius 2 is 1.69 bits per heavy atom. The first-order valence-corrected chi connectivity index (χ1v) is 11.7. The molecule has 10 heteroatoms. The first-order valence-electron chi connectivity index (χ1n) is 10.3. The molecule has 2 fully saturated rings. The third-order valence-electron chi connectivity index (χ3n) is 5.86. The van der Waals surface area contributed by atoms with Crippen molar-refractivity contribution in [3.05, 3.63) is 17.0 Å². The van der Waals surface area contributed by atoms with Gasteiger partial charge in [-0.15, -0.1) is 0 Å². The SMILES string of the molecule is Cc1nn(CCC#N)c(C)c1CCC(=O)N1CCN(S(=O)(=O)N2CCCC2)CC1. The number of carbonyl (C=O) groups excluding carboxylic acids is 1. The molecule has 0 unspecified atom stereocenters. The Hall–Kier alpha value is -1.96. The highest BCUT2D eigenvalue weighted by Gasteiger charge is 2.34. The fourth-order valence-corrected chi connectivity index (χ4v) is 5.78. The smallest absolute Gasteiger partial charge is 0.282 e. The topological polar surface area (TPSA) is 103 Å². The van der Waals surface area contributed by atoms with Gasteiger partial charge in [-0.05, 0) is 38.7 Å². The molecular weight excluding hydrogens is 392 g/mol. The number of nitrogens with zero attached hydrogens (tertiary/aromatic N) is 6. The van der Waals surface area contributed by atoms with Crippen LogP contribution in [0.4, 0.5) is 0 Å². The second-order valence-corrected chi connectivity index (χ2v) is 9.60. The van der Waals surface area contributed by atoms with Gasteiger partial charge in [0, 0.05) is 51.4 Å². The third kappa shape index (κ3) is 4.79. The van der Waals surface area contributed by atoms with Crippen molar-refractivity contribution in [3.8, 4) is 6.07 Å². The summed E-state index contributed by atoms with van der Waals surface area (Å²) in [5.74, 6) is 0.0480. The van der Waals surface area contributed by atoms with E-state index in [1.165, 1.54) is 4.31 Å². The zero-order chi connectivity index (χ0) is 21.0. The van der Waals surface area contributed by atoms with Crippen molar-refractivity contribution >= 4 is 16.1 Å². The van der Waals surface area contributed by atoms with E-state index in [9.17, 15) is 13.2 Å². The number of hydrogen-bond acceptors (Lipinski definition) is 5. The monoisotopic (exact) mass is 422 g/mol. The molecule has 0 radical (unpaired) electrons. The van der Waals surface area contributed by atoms with Crippen LogP contribution in [0, 0.1) is 25.2 Å². The van der Waals surface area contributed by atoms with E-state index in [0.717, 1.165) is 29.8 Å². The average molecular weight is 423 g/mol. The predicted octanol–water partition coefficient (Wildman–Crippen LogP) is 0.831. The number of piperazine rings is 1. The van der Waals surface area contributed by atoms with Crippen LogP contribution in [0.15, 0.2) is 0 Å². The molecule has 2 saturated heterocycles. The Bertz CT molecular complexity index is 874. The maximum absolute atomic E-state index is 12.7. The molecule has 2 aliphatic rings. The number of carbonyl (C=O) groups is 1. The van der Waals surface area contributed by atoms with E-state index >= 15 is 0 Å². The molecule has 2 aliphatic heterocycles. The van der Waals surface area contributed by atoms with Gasteiger partial charge in [-0.2, -0.15) is 27.4 Å². The van der Waals surface area contributed by atoms with E-state index in [-0.39, 0.29) is 5.91 Å². The summed E-state index contributed by atoms with van der Waals surface area (Å²) in [4.78, 5) is 14.4. The van der Waals surface area contributed by atoms with Crippen LogP contribution >= 0.6 is 0 Å². The van der Waals surface area contributed by atoms with Crippen molar-refractivity contribution in [2.45, 2.75) is 52.5 Å². The maximum atomic E-state index is 12.7. The van der Waals surface area contributed by atoms with Gasteiger partial charge in [0.25, 0.3) is 10.2 Å². The van der Waals surface area contributed by atoms with Crippen LogP contribution in [0.5, 0.6) is 0 Å². The van der Waals surface area contributed by atoms with Crippen LogP contribution in [0.25, 0.3) is 0 Å². The highest BCUT2D eigenvalue weighted by molar-refractivity contribution is 7.86. The largest absolute Gasteiger partial charge is 0.340 e. The van der Waals surface area contributed by atoms with Gasteiger partial charge < -0.3 is 4.90 Å². The minimum atomic E-state index is -3.39. The standard InChI is InChI=1S/C19H30N6O3S/c1-16-18(17(2)25(21-16)11-5-8-20)6-7-19(26)22-12-14-24(15-13-22)29(27,28)23-9-3-4-10-23/h3-7,9-15H2,1-2H3. The normalized spacial score (nSPS) is 18.9. The van der Waals surface area contributed by atoms with Crippen LogP contribution in [-0.2, 0) is 28.0 Å². The quantitative estimate of drug-likeness (QED) is 0.648. The molecule has 1 aromatic heterocycles. The van der Waals surface area contributed by atoms with E-state index in [4.69, 9.17) is 5.26 Å². The minimum absolute atomic E-state index is 0.0480. The van der Waals surface area contributed by atoms with Gasteiger partial charge in [-0.25, -0.2) is 0 Å². The van der Waals surface area contributed by atoms with E-state index in [0.29, 0.717) is 65.1 Å². The fraction of sp³-hybridized carbons (Fsp3) is 0.737. The summed E-state index contributed by atoms with van der Waals surface area (Å²) >= 11 is 0. The molecule has 9 nitrogen and oxygen atoms in total. The summed E-state index contributed by atoms with van der Waals surface area (Å²) in [5.41, 5.74) is 2.97. The molecule has 1 amide bonds. The molecule has 0 atom stereocenters. The first-order chi connectivity index (χ1) is 13.8. The molecule has 0 saturated carbocycles. The van der Waals surface area contributed by atoms with Gasteiger partial charge in [-0.1, -0.05) is 0 Å². The van der Waals surface area contributed by atoms with Crippen LogP contribution in [0.2, 0.25) is 0 Å². The second kappa shape index (κ2) is 9.24. The molecule has 3 heterocycles. The highest BCUT2D eigenvalue weighted by atomic mass is 32.2. The average Bonchev–Trinajstić information content (AvgIpc) is 3.34. The molecule has 29 heavy (non-hydrogen) atoms. The molecule has 0 aliphatic carbocycles. The molecule has 0 bridgehead atoms. The highest BCUT2D eigenvalue weighted by Crippen LogP contribution is 2.19. The van der Waals surface area contributed by atoms with Crippen molar-refractivity contribution in [2.24, 2.45) is 0 Å². The van der Waals surface area contributed by atoms with Gasteiger partial charge in [0.15, 0.2) is 0 Å². The lowest BCUT2D eigenvalue weighted by Crippen LogP contribution is -2.53. The van der Waals surface area contributed by atoms with Gasteiger partial charge in [-0.3, -0.25) is 9.48 Å². The number of hydrogen-bond donors (Lipinski definition) is 0. The summed E-state index contributed by atoms with van der Waals surface area (Å²) in [7, 11) is -3.39. The molecular formula is C19H30N6O3S. The van der Waals surface area contributed by atoms with Crippen LogP contribution < -0.4 is 0 Å². The second-order valence-electron chi connectivity index (χ2n) is 7.67. The number of aryl methyl sites for hydroxylation is 2. The number of amides is 1. The molecule has 0 N–H and O–H groups in total. The van der Waals surface area contributed by atoms with Crippen molar-refractivity contribution in [1.29, 1.82) is 5.26 Å². The van der Waals surface area contributed by atoms with Gasteiger partial charge in [0.2, 0.25) is 5.91 Å². The lowest BCUT2D eigenvalue weighted by atomic mass is 10.1. The van der Waals surface area contributed by atoms with E-state index < -0.39 is 10.2 Å².